The summed E-state index contributed by atoms with van der Waals surface area (Å²) in [4.78, 5) is 23.2. The smallest absolute Gasteiger partial charge is 0.326 e. The summed E-state index contributed by atoms with van der Waals surface area (Å²) >= 11 is 0. The van der Waals surface area contributed by atoms with Crippen molar-refractivity contribution in [1.29, 1.82) is 0 Å². The molecule has 0 radical (unpaired) electrons. The van der Waals surface area contributed by atoms with E-state index in [4.69, 9.17) is 15.2 Å². The van der Waals surface area contributed by atoms with Crippen LogP contribution < -0.4 is 16.4 Å². The van der Waals surface area contributed by atoms with Crippen molar-refractivity contribution in [2.45, 2.75) is 121 Å². The molecule has 0 saturated heterocycles. The predicted molar refractivity (Wildman–Crippen MR) is 143 cm³/mol. The predicted octanol–water partition coefficient (Wildman–Crippen LogP) is 2.09. The van der Waals surface area contributed by atoms with Gasteiger partial charge < -0.3 is 41.2 Å². The first-order valence-electron chi connectivity index (χ1n) is 14.4. The number of aliphatic hydroxyl groups excluding tert-OH is 2. The highest BCUT2D eigenvalue weighted by Gasteiger charge is 2.19. The summed E-state index contributed by atoms with van der Waals surface area (Å²) in [6.07, 6.45) is 13.0. The van der Waals surface area contributed by atoms with Crippen molar-refractivity contribution < 1.29 is 34.4 Å². The molecule has 1 fully saturated rings. The number of amides is 1. The first kappa shape index (κ1) is 33.7. The summed E-state index contributed by atoms with van der Waals surface area (Å²) in [6, 6.07) is -0.853. The van der Waals surface area contributed by atoms with Gasteiger partial charge in [-0.1, -0.05) is 44.9 Å². The maximum Gasteiger partial charge on any atom is 0.326 e. The zero-order valence-electron chi connectivity index (χ0n) is 22.7. The number of hydrogen-bond donors (Lipinski definition) is 6. The van der Waals surface area contributed by atoms with Crippen LogP contribution in [0.4, 0.5) is 0 Å². The van der Waals surface area contributed by atoms with Gasteiger partial charge in [0.25, 0.3) is 0 Å². The van der Waals surface area contributed by atoms with Crippen LogP contribution in [0.5, 0.6) is 0 Å². The summed E-state index contributed by atoms with van der Waals surface area (Å²) in [5, 5.41) is 35.1. The second kappa shape index (κ2) is 22.7. The highest BCUT2D eigenvalue weighted by Crippen LogP contribution is 2.19. The van der Waals surface area contributed by atoms with E-state index >= 15 is 0 Å². The monoisotopic (exact) mass is 531 g/mol. The fourth-order valence-electron chi connectivity index (χ4n) is 4.45. The molecular weight excluding hydrogens is 478 g/mol. The van der Waals surface area contributed by atoms with E-state index in [0.717, 1.165) is 32.1 Å². The lowest BCUT2D eigenvalue weighted by atomic mass is 10.1. The molecule has 3 unspecified atom stereocenters. The van der Waals surface area contributed by atoms with Crippen molar-refractivity contribution in [1.82, 2.24) is 10.6 Å². The van der Waals surface area contributed by atoms with Crippen LogP contribution in [0.1, 0.15) is 96.3 Å². The summed E-state index contributed by atoms with van der Waals surface area (Å²) < 4.78 is 11.4. The van der Waals surface area contributed by atoms with E-state index in [1.807, 2.05) is 0 Å². The van der Waals surface area contributed by atoms with Crippen molar-refractivity contribution in [3.8, 4) is 0 Å². The summed E-state index contributed by atoms with van der Waals surface area (Å²) in [5.74, 6) is -1.26. The first-order valence-corrected chi connectivity index (χ1v) is 14.4. The maximum absolute atomic E-state index is 12.0. The van der Waals surface area contributed by atoms with Crippen LogP contribution in [-0.2, 0) is 19.1 Å². The molecule has 0 aromatic rings. The third-order valence-electron chi connectivity index (χ3n) is 6.66. The van der Waals surface area contributed by atoms with Gasteiger partial charge in [0.05, 0.1) is 32.0 Å². The molecule has 37 heavy (non-hydrogen) atoms. The molecule has 1 rings (SSSR count). The number of aliphatic hydroxyl groups is 2. The maximum atomic E-state index is 12.0. The van der Waals surface area contributed by atoms with E-state index in [9.17, 15) is 24.9 Å². The molecule has 7 N–H and O–H groups in total. The van der Waals surface area contributed by atoms with Crippen molar-refractivity contribution in [3.05, 3.63) is 0 Å². The van der Waals surface area contributed by atoms with E-state index in [-0.39, 0.29) is 31.8 Å². The van der Waals surface area contributed by atoms with Gasteiger partial charge in [0, 0.05) is 13.0 Å². The lowest BCUT2D eigenvalue weighted by Gasteiger charge is -2.20. The molecule has 0 spiro atoms. The second-order valence-electron chi connectivity index (χ2n) is 10.3. The molecule has 1 aliphatic carbocycles. The highest BCUT2D eigenvalue weighted by molar-refractivity contribution is 5.83. The molecule has 1 saturated carbocycles. The van der Waals surface area contributed by atoms with E-state index < -0.39 is 24.2 Å². The molecule has 1 aliphatic rings. The number of carbonyl (C=O) groups excluding carboxylic acids is 1. The van der Waals surface area contributed by atoms with Gasteiger partial charge in [0.1, 0.15) is 12.1 Å². The van der Waals surface area contributed by atoms with Crippen LogP contribution in [0.3, 0.4) is 0 Å². The first-order chi connectivity index (χ1) is 17.9. The van der Waals surface area contributed by atoms with Crippen LogP contribution in [-0.4, -0.2) is 91.0 Å². The van der Waals surface area contributed by atoms with Gasteiger partial charge in [-0.25, -0.2) is 4.79 Å². The Labute approximate surface area is 223 Å². The van der Waals surface area contributed by atoms with Gasteiger partial charge in [-0.05, 0) is 58.0 Å². The summed E-state index contributed by atoms with van der Waals surface area (Å²) in [5.41, 5.74) is 5.43. The number of ether oxygens (including phenoxy) is 2. The summed E-state index contributed by atoms with van der Waals surface area (Å²) in [6.45, 7) is 2.15. The largest absolute Gasteiger partial charge is 0.480 e. The zero-order valence-corrected chi connectivity index (χ0v) is 22.7. The second-order valence-corrected chi connectivity index (χ2v) is 10.3. The topological polar surface area (TPSA) is 163 Å². The van der Waals surface area contributed by atoms with E-state index in [1.54, 1.807) is 0 Å². The van der Waals surface area contributed by atoms with Crippen LogP contribution in [0, 0.1) is 0 Å². The molecule has 0 heterocycles. The minimum atomic E-state index is -1.01. The Morgan fingerprint density at radius 1 is 0.865 bits per heavy atom. The van der Waals surface area contributed by atoms with Gasteiger partial charge >= 0.3 is 5.97 Å². The number of hydrogen-bond acceptors (Lipinski definition) is 8. The van der Waals surface area contributed by atoms with Gasteiger partial charge in [-0.2, -0.15) is 0 Å². The molecule has 3 atom stereocenters. The molecule has 0 bridgehead atoms. The average Bonchev–Trinajstić information content (AvgIpc) is 3.00. The van der Waals surface area contributed by atoms with Crippen molar-refractivity contribution in [2.75, 3.05) is 39.5 Å². The average molecular weight is 532 g/mol. The molecule has 1 amide bonds. The number of rotatable bonds is 21. The Bertz CT molecular complexity index is 572. The van der Waals surface area contributed by atoms with Gasteiger partial charge in [0.15, 0.2) is 0 Å². The Balaban J connectivity index is 1.99. The van der Waals surface area contributed by atoms with E-state index in [2.05, 4.69) is 10.6 Å². The lowest BCUT2D eigenvalue weighted by Crippen LogP contribution is -2.40. The van der Waals surface area contributed by atoms with Crippen LogP contribution in [0.25, 0.3) is 0 Å². The number of carbonyl (C=O) groups is 2. The normalized spacial score (nSPS) is 17.8. The van der Waals surface area contributed by atoms with Gasteiger partial charge in [-0.3, -0.25) is 4.79 Å². The molecule has 0 aliphatic heterocycles. The SMILES string of the molecule is NCCCCC(NC(=O)CCCCCNCC(O)COCC(O)COC1CCCCCCCC1)C(=O)O. The molecule has 0 aromatic carbocycles. The standard InChI is InChI=1S/C27H53N3O7/c28-16-10-9-14-25(27(34)35)30-26(33)15-8-5-11-17-29-18-22(31)19-36-20-23(32)21-37-24-12-6-3-1-2-4-7-13-24/h22-25,29,31-32H,1-21,28H2,(H,30,33)(H,34,35). The number of aliphatic carboxylic acids is 1. The van der Waals surface area contributed by atoms with Gasteiger partial charge in [0.2, 0.25) is 5.91 Å². The minimum absolute atomic E-state index is 0.140. The molecule has 10 heteroatoms. The van der Waals surface area contributed by atoms with Crippen molar-refractivity contribution in [2.24, 2.45) is 5.73 Å². The Hall–Kier alpha value is -1.30. The Kier molecular flexibility index (Phi) is 20.7. The number of carboxylic acid groups (broad SMARTS) is 1. The highest BCUT2D eigenvalue weighted by atomic mass is 16.5. The summed E-state index contributed by atoms with van der Waals surface area (Å²) in [7, 11) is 0. The Morgan fingerprint density at radius 3 is 2.22 bits per heavy atom. The van der Waals surface area contributed by atoms with Crippen LogP contribution in [0.15, 0.2) is 0 Å². The van der Waals surface area contributed by atoms with Gasteiger partial charge in [-0.15, -0.1) is 0 Å². The fraction of sp³-hybridized carbons (Fsp3) is 0.926. The minimum Gasteiger partial charge on any atom is -0.480 e. The quantitative estimate of drug-likeness (QED) is 0.122. The fourth-order valence-corrected chi connectivity index (χ4v) is 4.45. The molecule has 218 valence electrons. The molecular formula is C27H53N3O7. The number of carboxylic acids is 1. The van der Waals surface area contributed by atoms with Crippen LogP contribution >= 0.6 is 0 Å². The van der Waals surface area contributed by atoms with E-state index in [0.29, 0.717) is 45.3 Å². The number of nitrogens with one attached hydrogen (secondary N) is 2. The van der Waals surface area contributed by atoms with Crippen LogP contribution in [0.2, 0.25) is 0 Å². The molecule has 10 nitrogen and oxygen atoms in total. The van der Waals surface area contributed by atoms with Crippen molar-refractivity contribution >= 4 is 11.9 Å². The third-order valence-corrected chi connectivity index (χ3v) is 6.66. The van der Waals surface area contributed by atoms with E-state index in [1.165, 1.54) is 38.5 Å². The Morgan fingerprint density at radius 2 is 1.54 bits per heavy atom. The lowest BCUT2D eigenvalue weighted by molar-refractivity contribution is -0.142. The number of unbranched alkanes of at least 4 members (excludes halogenated alkanes) is 3. The third kappa shape index (κ3) is 19.4. The van der Waals surface area contributed by atoms with Crippen molar-refractivity contribution in [3.63, 3.8) is 0 Å². The number of nitrogens with two attached hydrogens (primary N) is 1. The molecule has 0 aromatic heterocycles. The zero-order chi connectivity index (χ0) is 27.1.